The third kappa shape index (κ3) is 4.64. The normalized spacial score (nSPS) is 15.4. The van der Waals surface area contributed by atoms with Gasteiger partial charge in [0.2, 0.25) is 11.9 Å². The topological polar surface area (TPSA) is 63.1 Å². The van der Waals surface area contributed by atoms with E-state index in [1.807, 2.05) is 41.0 Å². The second-order valence-electron chi connectivity index (χ2n) is 7.29. The van der Waals surface area contributed by atoms with Gasteiger partial charge in [0.05, 0.1) is 6.54 Å². The predicted octanol–water partition coefficient (Wildman–Crippen LogP) is 3.18. The number of hydrogen-bond donors (Lipinski definition) is 1. The number of amides is 1. The van der Waals surface area contributed by atoms with Gasteiger partial charge in [0.15, 0.2) is 0 Å². The second-order valence-corrected chi connectivity index (χ2v) is 7.29. The number of nitrogens with zero attached hydrogens (tertiary/aromatic N) is 4. The van der Waals surface area contributed by atoms with Gasteiger partial charge in [-0.25, -0.2) is 0 Å². The van der Waals surface area contributed by atoms with Crippen molar-refractivity contribution in [3.8, 4) is 0 Å². The Hall–Kier alpha value is -2.99. The molecule has 0 saturated carbocycles. The molecule has 3 aromatic rings. The molecule has 0 bridgehead atoms. The Bertz CT molecular complexity index is 886. The molecule has 0 spiro atoms. The van der Waals surface area contributed by atoms with E-state index in [-0.39, 0.29) is 11.8 Å². The molecule has 144 valence electrons. The Morgan fingerprint density at radius 2 is 1.54 bits per heavy atom. The number of hydrogen-bond acceptors (Lipinski definition) is 4. The van der Waals surface area contributed by atoms with Crippen molar-refractivity contribution in [3.63, 3.8) is 0 Å². The first-order chi connectivity index (χ1) is 13.8. The van der Waals surface area contributed by atoms with Crippen molar-refractivity contribution in [1.82, 2.24) is 19.7 Å². The number of anilines is 1. The van der Waals surface area contributed by atoms with Crippen LogP contribution in [0.25, 0.3) is 0 Å². The fourth-order valence-electron chi connectivity index (χ4n) is 3.65. The van der Waals surface area contributed by atoms with E-state index in [4.69, 9.17) is 0 Å². The standard InChI is InChI=1S/C22H25N5O/c28-21(20-11-13-26(14-12-20)15-18-7-3-1-4-8-18)24-22-25-23-17-27(22)16-19-9-5-2-6-10-19/h1-10,17,20H,11-16H2,(H,24,25,28). The van der Waals surface area contributed by atoms with Gasteiger partial charge in [0, 0.05) is 12.5 Å². The summed E-state index contributed by atoms with van der Waals surface area (Å²) in [7, 11) is 0. The van der Waals surface area contributed by atoms with E-state index < -0.39 is 0 Å². The molecule has 1 aromatic heterocycles. The van der Waals surface area contributed by atoms with Gasteiger partial charge in [0.25, 0.3) is 0 Å². The molecule has 2 heterocycles. The van der Waals surface area contributed by atoms with Crippen LogP contribution < -0.4 is 5.32 Å². The molecule has 1 amide bonds. The lowest BCUT2D eigenvalue weighted by Crippen LogP contribution is -2.38. The molecule has 0 radical (unpaired) electrons. The third-order valence-corrected chi connectivity index (χ3v) is 5.25. The minimum Gasteiger partial charge on any atom is -0.299 e. The molecule has 4 rings (SSSR count). The SMILES string of the molecule is O=C(Nc1nncn1Cc1ccccc1)C1CCN(Cc2ccccc2)CC1. The highest BCUT2D eigenvalue weighted by molar-refractivity contribution is 5.91. The van der Waals surface area contributed by atoms with Crippen molar-refractivity contribution in [2.45, 2.75) is 25.9 Å². The van der Waals surface area contributed by atoms with Crippen molar-refractivity contribution in [2.24, 2.45) is 5.92 Å². The number of likely N-dealkylation sites (tertiary alicyclic amines) is 1. The molecule has 28 heavy (non-hydrogen) atoms. The van der Waals surface area contributed by atoms with Crippen LogP contribution in [0, 0.1) is 5.92 Å². The van der Waals surface area contributed by atoms with Crippen molar-refractivity contribution in [1.29, 1.82) is 0 Å². The largest absolute Gasteiger partial charge is 0.299 e. The lowest BCUT2D eigenvalue weighted by molar-refractivity contribution is -0.121. The van der Waals surface area contributed by atoms with Gasteiger partial charge in [-0.3, -0.25) is 19.6 Å². The number of piperidine rings is 1. The molecule has 1 fully saturated rings. The Balaban J connectivity index is 1.30. The first-order valence-electron chi connectivity index (χ1n) is 9.77. The summed E-state index contributed by atoms with van der Waals surface area (Å²) in [5, 5.41) is 11.0. The zero-order valence-corrected chi connectivity index (χ0v) is 15.9. The molecule has 0 atom stereocenters. The van der Waals surface area contributed by atoms with Crippen LogP contribution >= 0.6 is 0 Å². The van der Waals surface area contributed by atoms with E-state index in [1.54, 1.807) is 6.33 Å². The van der Waals surface area contributed by atoms with Crippen LogP contribution in [-0.2, 0) is 17.9 Å². The molecule has 6 heteroatoms. The van der Waals surface area contributed by atoms with Crippen molar-refractivity contribution < 1.29 is 4.79 Å². The average molecular weight is 375 g/mol. The summed E-state index contributed by atoms with van der Waals surface area (Å²) in [5.41, 5.74) is 2.46. The molecule has 1 aliphatic rings. The van der Waals surface area contributed by atoms with E-state index >= 15 is 0 Å². The average Bonchev–Trinajstić information content (AvgIpc) is 3.16. The Morgan fingerprint density at radius 3 is 2.18 bits per heavy atom. The fourth-order valence-corrected chi connectivity index (χ4v) is 3.65. The van der Waals surface area contributed by atoms with Crippen LogP contribution in [0.4, 0.5) is 5.95 Å². The molecule has 0 aliphatic carbocycles. The first kappa shape index (κ1) is 18.4. The summed E-state index contributed by atoms with van der Waals surface area (Å²) < 4.78 is 1.87. The third-order valence-electron chi connectivity index (χ3n) is 5.25. The summed E-state index contributed by atoms with van der Waals surface area (Å²) in [6, 6.07) is 20.6. The van der Waals surface area contributed by atoms with E-state index in [1.165, 1.54) is 5.56 Å². The highest BCUT2D eigenvalue weighted by atomic mass is 16.2. The molecule has 1 N–H and O–H groups in total. The summed E-state index contributed by atoms with van der Waals surface area (Å²) >= 11 is 0. The van der Waals surface area contributed by atoms with Crippen LogP contribution in [-0.4, -0.2) is 38.7 Å². The zero-order chi connectivity index (χ0) is 19.2. The van der Waals surface area contributed by atoms with Crippen LogP contribution in [0.1, 0.15) is 24.0 Å². The molecular weight excluding hydrogens is 350 g/mol. The van der Waals surface area contributed by atoms with E-state index in [0.29, 0.717) is 12.5 Å². The summed E-state index contributed by atoms with van der Waals surface area (Å²) in [6.07, 6.45) is 3.39. The zero-order valence-electron chi connectivity index (χ0n) is 15.9. The molecule has 0 unspecified atom stereocenters. The molecular formula is C22H25N5O. The minimum absolute atomic E-state index is 0.0221. The van der Waals surface area contributed by atoms with Crippen LogP contribution in [0.3, 0.4) is 0 Å². The highest BCUT2D eigenvalue weighted by Crippen LogP contribution is 2.21. The van der Waals surface area contributed by atoms with Gasteiger partial charge < -0.3 is 0 Å². The van der Waals surface area contributed by atoms with E-state index in [2.05, 4.69) is 44.7 Å². The van der Waals surface area contributed by atoms with E-state index in [9.17, 15) is 4.79 Å². The Labute approximate surface area is 165 Å². The number of carbonyl (C=O) groups is 1. The smallest absolute Gasteiger partial charge is 0.231 e. The Morgan fingerprint density at radius 1 is 0.929 bits per heavy atom. The van der Waals surface area contributed by atoms with Crippen LogP contribution in [0.2, 0.25) is 0 Å². The second kappa shape index (κ2) is 8.80. The lowest BCUT2D eigenvalue weighted by Gasteiger charge is -2.31. The number of rotatable bonds is 6. The minimum atomic E-state index is 0.0221. The van der Waals surface area contributed by atoms with E-state index in [0.717, 1.165) is 38.0 Å². The Kier molecular flexibility index (Phi) is 5.77. The maximum atomic E-state index is 12.7. The first-order valence-corrected chi connectivity index (χ1v) is 9.77. The van der Waals surface area contributed by atoms with Crippen molar-refractivity contribution in [3.05, 3.63) is 78.1 Å². The maximum Gasteiger partial charge on any atom is 0.231 e. The predicted molar refractivity (Wildman–Crippen MR) is 109 cm³/mol. The molecule has 1 saturated heterocycles. The van der Waals surface area contributed by atoms with Gasteiger partial charge in [-0.2, -0.15) is 0 Å². The monoisotopic (exact) mass is 375 g/mol. The van der Waals surface area contributed by atoms with Crippen molar-refractivity contribution in [2.75, 3.05) is 18.4 Å². The number of aromatic nitrogens is 3. The van der Waals surface area contributed by atoms with Crippen LogP contribution in [0.5, 0.6) is 0 Å². The quantitative estimate of drug-likeness (QED) is 0.719. The van der Waals surface area contributed by atoms with Crippen molar-refractivity contribution >= 4 is 11.9 Å². The van der Waals surface area contributed by atoms with Gasteiger partial charge in [-0.05, 0) is 37.1 Å². The summed E-state index contributed by atoms with van der Waals surface area (Å²) in [4.78, 5) is 15.1. The number of benzene rings is 2. The number of carbonyl (C=O) groups excluding carboxylic acids is 1. The van der Waals surface area contributed by atoms with Gasteiger partial charge in [0.1, 0.15) is 6.33 Å². The number of nitrogens with one attached hydrogen (secondary N) is 1. The highest BCUT2D eigenvalue weighted by Gasteiger charge is 2.26. The van der Waals surface area contributed by atoms with Gasteiger partial charge in [-0.15, -0.1) is 10.2 Å². The lowest BCUT2D eigenvalue weighted by atomic mass is 9.95. The van der Waals surface area contributed by atoms with Gasteiger partial charge in [-0.1, -0.05) is 60.7 Å². The van der Waals surface area contributed by atoms with Gasteiger partial charge >= 0.3 is 0 Å². The fraction of sp³-hybridized carbons (Fsp3) is 0.318. The summed E-state index contributed by atoms with van der Waals surface area (Å²) in [5.74, 6) is 0.580. The molecule has 2 aromatic carbocycles. The van der Waals surface area contributed by atoms with Crippen LogP contribution in [0.15, 0.2) is 67.0 Å². The maximum absolute atomic E-state index is 12.7. The molecule has 1 aliphatic heterocycles. The summed E-state index contributed by atoms with van der Waals surface area (Å²) in [6.45, 7) is 3.45. The molecule has 6 nitrogen and oxygen atoms in total.